The summed E-state index contributed by atoms with van der Waals surface area (Å²) in [6.07, 6.45) is 6.12. The first kappa shape index (κ1) is 28.7. The molecule has 0 N–H and O–H groups in total. The zero-order valence-electron chi connectivity index (χ0n) is 23.1. The summed E-state index contributed by atoms with van der Waals surface area (Å²) >= 11 is 0. The van der Waals surface area contributed by atoms with Gasteiger partial charge in [-0.05, 0) is 72.8 Å². The number of methoxy groups -OCH3 is 1. The summed E-state index contributed by atoms with van der Waals surface area (Å²) in [5.74, 6) is -1.31. The predicted molar refractivity (Wildman–Crippen MR) is 149 cm³/mol. The summed E-state index contributed by atoms with van der Waals surface area (Å²) in [7, 11) is 1.14. The Bertz CT molecular complexity index is 1440. The van der Waals surface area contributed by atoms with Crippen LogP contribution in [0.3, 0.4) is 0 Å². The van der Waals surface area contributed by atoms with Crippen LogP contribution in [0.15, 0.2) is 42.9 Å². The molecule has 0 aliphatic carbocycles. The number of carbonyl (C=O) groups is 1. The molecule has 4 rings (SSSR count). The number of halogens is 1. The summed E-state index contributed by atoms with van der Waals surface area (Å²) in [4.78, 5) is 19.7. The molecule has 2 aromatic heterocycles. The third kappa shape index (κ3) is 6.65. The van der Waals surface area contributed by atoms with Crippen LogP contribution in [0.5, 0.6) is 5.88 Å². The number of hydrogen-bond acceptors (Lipinski definition) is 7. The lowest BCUT2D eigenvalue weighted by atomic mass is 9.87. The van der Waals surface area contributed by atoms with Crippen molar-refractivity contribution in [1.29, 1.82) is 0 Å². The molecule has 0 spiro atoms. The van der Waals surface area contributed by atoms with E-state index in [0.717, 1.165) is 13.0 Å². The number of aromatic nitrogens is 3. The topological polar surface area (TPSA) is 97.6 Å². The summed E-state index contributed by atoms with van der Waals surface area (Å²) in [6, 6.07) is 5.88. The molecule has 0 amide bonds. The van der Waals surface area contributed by atoms with Gasteiger partial charge in [0.15, 0.2) is 5.78 Å². The van der Waals surface area contributed by atoms with Crippen LogP contribution < -0.4 is 9.04 Å². The van der Waals surface area contributed by atoms with Gasteiger partial charge in [-0.25, -0.2) is 17.8 Å². The van der Waals surface area contributed by atoms with Crippen LogP contribution in [0.25, 0.3) is 11.1 Å². The first-order valence-corrected chi connectivity index (χ1v) is 14.6. The second-order valence-corrected chi connectivity index (χ2v) is 12.3. The average Bonchev–Trinajstić information content (AvgIpc) is 3.29. The Labute approximate surface area is 229 Å². The molecule has 0 radical (unpaired) electrons. The van der Waals surface area contributed by atoms with E-state index in [4.69, 9.17) is 4.74 Å². The highest BCUT2D eigenvalue weighted by molar-refractivity contribution is 7.93. The minimum Gasteiger partial charge on any atom is -0.481 e. The van der Waals surface area contributed by atoms with E-state index in [1.165, 1.54) is 29.7 Å². The van der Waals surface area contributed by atoms with Crippen molar-refractivity contribution in [2.45, 2.75) is 45.1 Å². The van der Waals surface area contributed by atoms with E-state index >= 15 is 0 Å². The second-order valence-electron chi connectivity index (χ2n) is 10.5. The molecule has 1 aliphatic heterocycles. The van der Waals surface area contributed by atoms with Crippen LogP contribution in [0, 0.1) is 5.82 Å². The van der Waals surface area contributed by atoms with Gasteiger partial charge in [0.1, 0.15) is 11.6 Å². The SMILES string of the molecule is COc1cc(-c2cc(F)cc(C(C)C)c2CC(=O)CS(=O)(=O)N(c2cnn(C)c2)C2CCCN(C)C2)ccn1. The minimum atomic E-state index is -4.03. The van der Waals surface area contributed by atoms with Crippen LogP contribution in [0.2, 0.25) is 0 Å². The number of ether oxygens (including phenoxy) is 1. The molecule has 1 fully saturated rings. The highest BCUT2D eigenvalue weighted by atomic mass is 32.2. The summed E-state index contributed by atoms with van der Waals surface area (Å²) in [6.45, 7) is 5.29. The zero-order chi connectivity index (χ0) is 28.3. The van der Waals surface area contributed by atoms with Gasteiger partial charge in [0.25, 0.3) is 0 Å². The minimum absolute atomic E-state index is 0.0905. The standard InChI is InChI=1S/C28H36FN5O4S/c1-19(2)25-12-21(29)13-26(20-8-9-30-28(11-20)38-5)27(25)14-24(35)18-39(36,37)34(23-15-31-33(4)17-23)22-7-6-10-32(3)16-22/h8-9,11-13,15,17,19,22H,6-7,10,14,16,18H2,1-5H3. The van der Waals surface area contributed by atoms with Crippen molar-refractivity contribution in [3.63, 3.8) is 0 Å². The van der Waals surface area contributed by atoms with Crippen molar-refractivity contribution >= 4 is 21.5 Å². The maximum Gasteiger partial charge on any atom is 0.242 e. The molecule has 3 aromatic rings. The summed E-state index contributed by atoms with van der Waals surface area (Å²) in [5.41, 5.74) is 2.86. The number of piperidine rings is 1. The van der Waals surface area contributed by atoms with Gasteiger partial charge in [0.05, 0.1) is 25.0 Å². The van der Waals surface area contributed by atoms with E-state index in [1.54, 1.807) is 36.3 Å². The normalized spacial score (nSPS) is 16.4. The molecule has 1 unspecified atom stereocenters. The lowest BCUT2D eigenvalue weighted by Crippen LogP contribution is -2.50. The molecule has 1 saturated heterocycles. The quantitative estimate of drug-likeness (QED) is 0.374. The monoisotopic (exact) mass is 557 g/mol. The van der Waals surface area contributed by atoms with Gasteiger partial charge in [-0.15, -0.1) is 0 Å². The maximum atomic E-state index is 14.7. The van der Waals surface area contributed by atoms with Crippen LogP contribution in [0.1, 0.15) is 43.7 Å². The molecule has 39 heavy (non-hydrogen) atoms. The Balaban J connectivity index is 1.69. The van der Waals surface area contributed by atoms with Gasteiger partial charge in [-0.3, -0.25) is 13.8 Å². The van der Waals surface area contributed by atoms with Crippen LogP contribution in [0.4, 0.5) is 10.1 Å². The number of nitrogens with zero attached hydrogens (tertiary/aromatic N) is 5. The number of benzene rings is 1. The molecular formula is C28H36FN5O4S. The molecule has 1 atom stereocenters. The molecule has 0 bridgehead atoms. The van der Waals surface area contributed by atoms with Crippen molar-refractivity contribution in [1.82, 2.24) is 19.7 Å². The Kier molecular flexibility index (Phi) is 8.70. The molecule has 0 saturated carbocycles. The van der Waals surface area contributed by atoms with Gasteiger partial charge in [-0.1, -0.05) is 13.8 Å². The van der Waals surface area contributed by atoms with E-state index in [1.807, 2.05) is 20.9 Å². The van der Waals surface area contributed by atoms with E-state index < -0.39 is 27.4 Å². The number of likely N-dealkylation sites (N-methyl/N-ethyl adjacent to an activating group) is 1. The summed E-state index contributed by atoms with van der Waals surface area (Å²) in [5, 5.41) is 4.17. The maximum absolute atomic E-state index is 14.7. The average molecular weight is 558 g/mol. The number of ketones is 1. The molecule has 1 aromatic carbocycles. The van der Waals surface area contributed by atoms with Gasteiger partial charge in [-0.2, -0.15) is 5.10 Å². The number of anilines is 1. The highest BCUT2D eigenvalue weighted by Gasteiger charge is 2.35. The van der Waals surface area contributed by atoms with Crippen molar-refractivity contribution in [2.75, 3.05) is 37.3 Å². The Morgan fingerprint density at radius 3 is 2.67 bits per heavy atom. The lowest BCUT2D eigenvalue weighted by molar-refractivity contribution is -0.116. The fourth-order valence-corrected chi connectivity index (χ4v) is 6.98. The van der Waals surface area contributed by atoms with Gasteiger partial charge in [0.2, 0.25) is 15.9 Å². The third-order valence-corrected chi connectivity index (χ3v) is 8.82. The van der Waals surface area contributed by atoms with Crippen molar-refractivity contribution in [2.24, 2.45) is 7.05 Å². The lowest BCUT2D eigenvalue weighted by Gasteiger charge is -2.37. The third-order valence-electron chi connectivity index (χ3n) is 7.02. The second kappa shape index (κ2) is 11.8. The van der Waals surface area contributed by atoms with Crippen LogP contribution in [-0.2, 0) is 28.3 Å². The number of hydrogen-bond donors (Lipinski definition) is 0. The van der Waals surface area contributed by atoms with Gasteiger partial charge in [0, 0.05) is 38.5 Å². The number of aryl methyl sites for hydroxylation is 1. The number of carbonyl (C=O) groups excluding carboxylic acids is 1. The van der Waals surface area contributed by atoms with Crippen molar-refractivity contribution in [3.8, 4) is 17.0 Å². The molecule has 210 valence electrons. The highest BCUT2D eigenvalue weighted by Crippen LogP contribution is 2.34. The largest absolute Gasteiger partial charge is 0.481 e. The van der Waals surface area contributed by atoms with Crippen molar-refractivity contribution < 1.29 is 22.3 Å². The Morgan fingerprint density at radius 2 is 2.03 bits per heavy atom. The zero-order valence-corrected chi connectivity index (χ0v) is 23.9. The smallest absolute Gasteiger partial charge is 0.242 e. The molecule has 3 heterocycles. The Hall–Kier alpha value is -3.31. The number of likely N-dealkylation sites (tertiary alicyclic amines) is 1. The fourth-order valence-electron chi connectivity index (χ4n) is 5.29. The van der Waals surface area contributed by atoms with E-state index in [-0.39, 0.29) is 18.4 Å². The number of rotatable bonds is 10. The molecule has 11 heteroatoms. The van der Waals surface area contributed by atoms with E-state index in [9.17, 15) is 17.6 Å². The number of pyridine rings is 1. The summed E-state index contributed by atoms with van der Waals surface area (Å²) < 4.78 is 50.5. The van der Waals surface area contributed by atoms with Gasteiger partial charge >= 0.3 is 0 Å². The van der Waals surface area contributed by atoms with Crippen LogP contribution >= 0.6 is 0 Å². The first-order chi connectivity index (χ1) is 18.5. The Morgan fingerprint density at radius 1 is 1.26 bits per heavy atom. The van der Waals surface area contributed by atoms with Gasteiger partial charge < -0.3 is 9.64 Å². The number of Topliss-reactive ketones (excluding diaryl/α,β-unsaturated/α-hetero) is 1. The predicted octanol–water partition coefficient (Wildman–Crippen LogP) is 3.80. The molecule has 1 aliphatic rings. The fraction of sp³-hybridized carbons (Fsp3) is 0.464. The number of sulfonamides is 1. The van der Waals surface area contributed by atoms with Crippen LogP contribution in [-0.4, -0.2) is 72.9 Å². The van der Waals surface area contributed by atoms with E-state index in [0.29, 0.717) is 46.8 Å². The van der Waals surface area contributed by atoms with Crippen molar-refractivity contribution in [3.05, 3.63) is 59.8 Å². The first-order valence-electron chi connectivity index (χ1n) is 13.0. The molecular weight excluding hydrogens is 521 g/mol. The van der Waals surface area contributed by atoms with E-state index in [2.05, 4.69) is 15.0 Å². The molecule has 9 nitrogen and oxygen atoms in total.